The van der Waals surface area contributed by atoms with Gasteiger partial charge in [-0.25, -0.2) is 4.79 Å². The first-order valence-electron chi connectivity index (χ1n) is 20.9. The Labute approximate surface area is 375 Å². The highest BCUT2D eigenvalue weighted by Gasteiger charge is 2.40. The lowest BCUT2D eigenvalue weighted by atomic mass is 9.85. The van der Waals surface area contributed by atoms with Gasteiger partial charge in [0.05, 0.1) is 40.6 Å². The molecular formula is C48H63N5O11. The minimum Gasteiger partial charge on any atom is -0.507 e. The molecule has 16 nitrogen and oxygen atoms in total. The molecular weight excluding hydrogens is 823 g/mol. The van der Waals surface area contributed by atoms with Gasteiger partial charge in [0, 0.05) is 36.3 Å². The van der Waals surface area contributed by atoms with E-state index >= 15 is 0 Å². The Morgan fingerprint density at radius 3 is 1.81 bits per heavy atom. The molecule has 64 heavy (non-hydrogen) atoms. The lowest BCUT2D eigenvalue weighted by molar-refractivity contribution is -0.134. The fraction of sp³-hybridized carbons (Fsp3) is 0.417. The first-order chi connectivity index (χ1) is 30.5. The summed E-state index contributed by atoms with van der Waals surface area (Å²) in [7, 11) is 5.92. The van der Waals surface area contributed by atoms with Crippen LogP contribution in [-0.2, 0) is 45.2 Å². The Hall–Kier alpha value is -6.52. The number of ether oxygens (including phenoxy) is 5. The number of carbonyl (C=O) groups excluding carboxylic acids is 4. The van der Waals surface area contributed by atoms with Gasteiger partial charge in [-0.05, 0) is 47.1 Å². The third-order valence-corrected chi connectivity index (χ3v) is 10.6. The summed E-state index contributed by atoms with van der Waals surface area (Å²) >= 11 is 0. The number of aromatic hydroxyl groups is 1. The Morgan fingerprint density at radius 2 is 1.25 bits per heavy atom. The second kappa shape index (κ2) is 23.8. The number of hydrogen-bond acceptors (Lipinski definition) is 12. The number of carbonyl (C=O) groups is 4. The highest BCUT2D eigenvalue weighted by Crippen LogP contribution is 2.35. The predicted octanol–water partition coefficient (Wildman–Crippen LogP) is 4.77. The molecule has 0 fully saturated rings. The van der Waals surface area contributed by atoms with Gasteiger partial charge in [0.1, 0.15) is 42.0 Å². The van der Waals surface area contributed by atoms with Gasteiger partial charge in [-0.15, -0.1) is 0 Å². The molecule has 5 atom stereocenters. The van der Waals surface area contributed by atoms with E-state index in [9.17, 15) is 29.4 Å². The molecule has 0 aliphatic heterocycles. The first-order valence-corrected chi connectivity index (χ1v) is 20.9. The number of hydrogen-bond donors (Lipinski definition) is 7. The van der Waals surface area contributed by atoms with E-state index in [4.69, 9.17) is 23.7 Å². The van der Waals surface area contributed by atoms with E-state index in [-0.39, 0.29) is 31.9 Å². The Bertz CT molecular complexity index is 2150. The van der Waals surface area contributed by atoms with Crippen molar-refractivity contribution in [1.29, 1.82) is 0 Å². The molecule has 0 unspecified atom stereocenters. The molecule has 0 heterocycles. The number of phenols is 1. The van der Waals surface area contributed by atoms with Crippen LogP contribution in [0.4, 0.5) is 4.79 Å². The molecule has 0 saturated heterocycles. The molecule has 0 aliphatic carbocycles. The molecule has 0 radical (unpaired) electrons. The number of alkyl carbamates (subject to hydrolysis) is 1. The van der Waals surface area contributed by atoms with E-state index in [2.05, 4.69) is 26.6 Å². The Morgan fingerprint density at radius 1 is 0.641 bits per heavy atom. The van der Waals surface area contributed by atoms with Crippen LogP contribution >= 0.6 is 0 Å². The maximum absolute atomic E-state index is 14.6. The zero-order valence-electron chi connectivity index (χ0n) is 38.0. The van der Waals surface area contributed by atoms with E-state index in [1.165, 1.54) is 34.5 Å². The number of amides is 4. The first kappa shape index (κ1) is 50.1. The van der Waals surface area contributed by atoms with Crippen LogP contribution in [0.3, 0.4) is 0 Å². The second-order valence-corrected chi connectivity index (χ2v) is 16.6. The van der Waals surface area contributed by atoms with Crippen molar-refractivity contribution in [2.45, 2.75) is 91.0 Å². The summed E-state index contributed by atoms with van der Waals surface area (Å²) in [6.07, 6.45) is -2.40. The van der Waals surface area contributed by atoms with Crippen LogP contribution in [0.25, 0.3) is 0 Å². The van der Waals surface area contributed by atoms with Crippen molar-refractivity contribution in [1.82, 2.24) is 26.6 Å². The second-order valence-electron chi connectivity index (χ2n) is 16.6. The molecule has 0 bridgehead atoms. The number of aliphatic hydroxyl groups excluding tert-OH is 1. The predicted molar refractivity (Wildman–Crippen MR) is 241 cm³/mol. The summed E-state index contributed by atoms with van der Waals surface area (Å²) in [5, 5.41) is 37.4. The highest BCUT2D eigenvalue weighted by molar-refractivity contribution is 5.91. The topological polar surface area (TPSA) is 215 Å². The monoisotopic (exact) mass is 885 g/mol. The summed E-state index contributed by atoms with van der Waals surface area (Å²) in [6.45, 7) is 8.71. The summed E-state index contributed by atoms with van der Waals surface area (Å²) in [4.78, 5) is 55.9. The van der Waals surface area contributed by atoms with E-state index in [1.54, 1.807) is 58.9 Å². The molecule has 0 saturated carbocycles. The lowest BCUT2D eigenvalue weighted by Gasteiger charge is -2.35. The Balaban J connectivity index is 1.68. The number of aliphatic hydroxyl groups is 1. The quantitative estimate of drug-likeness (QED) is 0.0569. The van der Waals surface area contributed by atoms with Crippen LogP contribution < -0.4 is 45.5 Å². The van der Waals surface area contributed by atoms with E-state index in [0.29, 0.717) is 34.1 Å². The Kier molecular flexibility index (Phi) is 18.6. The van der Waals surface area contributed by atoms with E-state index in [1.807, 2.05) is 60.7 Å². The zero-order chi connectivity index (χ0) is 47.0. The zero-order valence-corrected chi connectivity index (χ0v) is 38.0. The van der Waals surface area contributed by atoms with Gasteiger partial charge in [0.2, 0.25) is 17.7 Å². The van der Waals surface area contributed by atoms with Gasteiger partial charge in [0.15, 0.2) is 11.5 Å². The number of benzene rings is 4. The van der Waals surface area contributed by atoms with Gasteiger partial charge in [0.25, 0.3) is 0 Å². The van der Waals surface area contributed by atoms with E-state index < -0.39 is 65.4 Å². The average molecular weight is 886 g/mol. The largest absolute Gasteiger partial charge is 0.507 e. The molecule has 0 spiro atoms. The average Bonchev–Trinajstić information content (AvgIpc) is 3.28. The van der Waals surface area contributed by atoms with Gasteiger partial charge in [-0.2, -0.15) is 0 Å². The SMILES string of the molecule is COc1ccc(CNC(=O)[C@@H](NC(=O)[C@H](NCc2cc(OC)c(OC)cc2OC)[C@H](O)[C@H](Cc2ccccc2)NC(=O)[C@@H](NC(=O)OCc2ccccc2)C(C)(C)C)C(C)C)c(O)c1. The fourth-order valence-corrected chi connectivity index (χ4v) is 6.89. The summed E-state index contributed by atoms with van der Waals surface area (Å²) in [5.74, 6) is -0.814. The van der Waals surface area contributed by atoms with Gasteiger partial charge in [-0.3, -0.25) is 19.7 Å². The van der Waals surface area contributed by atoms with Gasteiger partial charge >= 0.3 is 6.09 Å². The molecule has 0 aliphatic rings. The van der Waals surface area contributed by atoms with Crippen molar-refractivity contribution >= 4 is 23.8 Å². The summed E-state index contributed by atoms with van der Waals surface area (Å²) in [5.41, 5.74) is 1.62. The minimum atomic E-state index is -1.65. The maximum Gasteiger partial charge on any atom is 0.408 e. The van der Waals surface area contributed by atoms with Crippen LogP contribution in [0, 0.1) is 11.3 Å². The molecule has 0 aromatic heterocycles. The molecule has 4 rings (SSSR count). The smallest absolute Gasteiger partial charge is 0.408 e. The number of rotatable bonds is 22. The van der Waals surface area contributed by atoms with Crippen molar-refractivity contribution in [3.8, 4) is 28.7 Å². The van der Waals surface area contributed by atoms with Crippen LogP contribution in [0.2, 0.25) is 0 Å². The third kappa shape index (κ3) is 14.3. The number of nitrogens with one attached hydrogen (secondary N) is 5. The van der Waals surface area contributed by atoms with Crippen LogP contribution in [0.5, 0.6) is 28.7 Å². The van der Waals surface area contributed by atoms with Crippen LogP contribution in [-0.4, -0.2) is 92.7 Å². The van der Waals surface area contributed by atoms with Crippen molar-refractivity contribution in [2.24, 2.45) is 11.3 Å². The maximum atomic E-state index is 14.6. The normalized spacial score (nSPS) is 13.6. The minimum absolute atomic E-state index is 0.0207. The number of methoxy groups -OCH3 is 4. The highest BCUT2D eigenvalue weighted by atomic mass is 16.5. The third-order valence-electron chi connectivity index (χ3n) is 10.6. The van der Waals surface area contributed by atoms with Crippen molar-refractivity contribution < 1.29 is 53.1 Å². The van der Waals surface area contributed by atoms with Crippen LogP contribution in [0.15, 0.2) is 91.0 Å². The van der Waals surface area contributed by atoms with Crippen molar-refractivity contribution in [2.75, 3.05) is 28.4 Å². The van der Waals surface area contributed by atoms with Gasteiger partial charge < -0.3 is 55.2 Å². The molecule has 7 N–H and O–H groups in total. The summed E-state index contributed by atoms with van der Waals surface area (Å²) in [6, 6.07) is 21.3. The molecule has 346 valence electrons. The van der Waals surface area contributed by atoms with E-state index in [0.717, 1.165) is 11.1 Å². The molecule has 16 heteroatoms. The lowest BCUT2D eigenvalue weighted by Crippen LogP contribution is -2.63. The fourth-order valence-electron chi connectivity index (χ4n) is 6.89. The summed E-state index contributed by atoms with van der Waals surface area (Å²) < 4.78 is 27.3. The standard InChI is InChI=1S/C48H63N5O11/c1-29(2)40(44(56)50-26-32-20-21-34(60-6)24-36(32)54)52-45(57)41(49-27-33-23-38(62-8)39(63-9)25-37(33)61-7)42(55)35(22-30-16-12-10-13-17-30)51-46(58)43(48(3,4)5)53-47(59)64-28-31-18-14-11-15-19-31/h10-21,23-25,29,35,40-43,49,54-55H,22,26-28H2,1-9H3,(H,50,56)(H,51,58)(H,52,57)(H,53,59)/t35-,40-,41+,42+,43+/m0/s1. The van der Waals surface area contributed by atoms with Crippen molar-refractivity contribution in [3.63, 3.8) is 0 Å². The molecule has 4 aromatic carbocycles. The van der Waals surface area contributed by atoms with Crippen LogP contribution in [0.1, 0.15) is 56.9 Å². The van der Waals surface area contributed by atoms with Crippen molar-refractivity contribution in [3.05, 3.63) is 113 Å². The molecule has 4 amide bonds. The van der Waals surface area contributed by atoms with Gasteiger partial charge in [-0.1, -0.05) is 95.3 Å². The number of phenolic OH excluding ortho intramolecular Hbond substituents is 1. The molecule has 4 aromatic rings.